The number of quaternary nitrogens is 1. The molecule has 0 aliphatic rings. The van der Waals surface area contributed by atoms with Crippen LogP contribution >= 0.6 is 0 Å². The fourth-order valence-electron chi connectivity index (χ4n) is 3.31. The van der Waals surface area contributed by atoms with E-state index < -0.39 is 0 Å². The molecule has 0 rings (SSSR count). The zero-order valence-electron chi connectivity index (χ0n) is 17.6. The Bertz CT molecular complexity index is 223. The van der Waals surface area contributed by atoms with E-state index in [1.54, 1.807) is 0 Å². The first-order chi connectivity index (χ1) is 11.1. The Morgan fingerprint density at radius 3 is 0.917 bits per heavy atom. The normalized spacial score (nSPS) is 11.5. The largest absolute Gasteiger partial charge is 1.00 e. The van der Waals surface area contributed by atoms with E-state index >= 15 is 0 Å². The molecule has 0 saturated carbocycles. The first kappa shape index (κ1) is 26.7. The molecule has 2 heteroatoms. The van der Waals surface area contributed by atoms with Gasteiger partial charge in [0, 0.05) is 0 Å². The van der Waals surface area contributed by atoms with Gasteiger partial charge in [-0.2, -0.15) is 0 Å². The summed E-state index contributed by atoms with van der Waals surface area (Å²) in [6.45, 7) is 3.63. The molecular formula is C22H48BrN. The number of rotatable bonds is 18. The summed E-state index contributed by atoms with van der Waals surface area (Å²) in [6, 6.07) is 0. The molecule has 0 unspecified atom stereocenters. The summed E-state index contributed by atoms with van der Waals surface area (Å²) in [5.74, 6) is 0. The average molecular weight is 407 g/mol. The summed E-state index contributed by atoms with van der Waals surface area (Å²) in [5.41, 5.74) is 0. The summed E-state index contributed by atoms with van der Waals surface area (Å²) in [6.07, 6.45) is 24.9. The Labute approximate surface area is 165 Å². The van der Waals surface area contributed by atoms with Gasteiger partial charge in [-0.15, -0.1) is 0 Å². The molecule has 0 amide bonds. The van der Waals surface area contributed by atoms with E-state index in [0.29, 0.717) is 0 Å². The maximum absolute atomic E-state index is 2.30. The molecule has 148 valence electrons. The fourth-order valence-corrected chi connectivity index (χ4v) is 3.31. The summed E-state index contributed by atoms with van der Waals surface area (Å²) in [5, 5.41) is 0. The number of nitrogens with zero attached hydrogens (tertiary/aromatic N) is 1. The number of hydrogen-bond acceptors (Lipinski definition) is 0. The van der Waals surface area contributed by atoms with Crippen LogP contribution in [0, 0.1) is 0 Å². The van der Waals surface area contributed by atoms with Crippen molar-refractivity contribution in [2.24, 2.45) is 0 Å². The molecule has 24 heavy (non-hydrogen) atoms. The topological polar surface area (TPSA) is 0 Å². The lowest BCUT2D eigenvalue weighted by Crippen LogP contribution is -3.00. The molecule has 0 spiro atoms. The average Bonchev–Trinajstić information content (AvgIpc) is 2.49. The lowest BCUT2D eigenvalue weighted by atomic mass is 10.0. The molecule has 0 heterocycles. The quantitative estimate of drug-likeness (QED) is 0.235. The Balaban J connectivity index is 0. The van der Waals surface area contributed by atoms with Crippen molar-refractivity contribution in [3.63, 3.8) is 0 Å². The summed E-state index contributed by atoms with van der Waals surface area (Å²) in [4.78, 5) is 0. The molecule has 0 radical (unpaired) electrons. The third-order valence-electron chi connectivity index (χ3n) is 4.93. The Kier molecular flexibility index (Phi) is 22.0. The first-order valence-corrected chi connectivity index (χ1v) is 10.9. The van der Waals surface area contributed by atoms with Gasteiger partial charge in [0.2, 0.25) is 0 Å². The highest BCUT2D eigenvalue weighted by Gasteiger charge is 2.04. The molecule has 0 fully saturated rings. The predicted octanol–water partition coefficient (Wildman–Crippen LogP) is 4.35. The van der Waals surface area contributed by atoms with Gasteiger partial charge in [0.05, 0.1) is 27.7 Å². The highest BCUT2D eigenvalue weighted by molar-refractivity contribution is 4.50. The van der Waals surface area contributed by atoms with E-state index in [9.17, 15) is 0 Å². The Hall–Kier alpha value is 0.440. The van der Waals surface area contributed by atoms with Crippen LogP contribution in [0.4, 0.5) is 0 Å². The predicted molar refractivity (Wildman–Crippen MR) is 107 cm³/mol. The van der Waals surface area contributed by atoms with Crippen molar-refractivity contribution in [3.8, 4) is 0 Å². The van der Waals surface area contributed by atoms with E-state index in [1.165, 1.54) is 116 Å². The van der Waals surface area contributed by atoms with Crippen molar-refractivity contribution < 1.29 is 21.5 Å². The first-order valence-electron chi connectivity index (χ1n) is 10.9. The molecule has 0 aliphatic carbocycles. The van der Waals surface area contributed by atoms with E-state index in [4.69, 9.17) is 0 Å². The van der Waals surface area contributed by atoms with Crippen molar-refractivity contribution in [2.45, 2.75) is 116 Å². The van der Waals surface area contributed by atoms with Crippen LogP contribution in [0.25, 0.3) is 0 Å². The monoisotopic (exact) mass is 405 g/mol. The molecule has 0 atom stereocenters. The second-order valence-electron chi connectivity index (χ2n) is 8.67. The van der Waals surface area contributed by atoms with Crippen molar-refractivity contribution in [1.82, 2.24) is 0 Å². The zero-order valence-corrected chi connectivity index (χ0v) is 19.1. The Morgan fingerprint density at radius 2 is 0.667 bits per heavy atom. The Morgan fingerprint density at radius 1 is 0.417 bits per heavy atom. The molecule has 0 saturated heterocycles. The minimum absolute atomic E-state index is 0. The SMILES string of the molecule is CCCCCCCCCCCCCCCCCCC[N+](C)(C)C.[Br-]. The van der Waals surface area contributed by atoms with Gasteiger partial charge in [-0.1, -0.05) is 103 Å². The van der Waals surface area contributed by atoms with E-state index in [1.807, 2.05) is 0 Å². The highest BCUT2D eigenvalue weighted by Crippen LogP contribution is 2.14. The van der Waals surface area contributed by atoms with E-state index in [0.717, 1.165) is 4.48 Å². The smallest absolute Gasteiger partial charge is 0.0780 e. The van der Waals surface area contributed by atoms with Gasteiger partial charge < -0.3 is 21.5 Å². The van der Waals surface area contributed by atoms with Crippen LogP contribution in [-0.4, -0.2) is 32.2 Å². The van der Waals surface area contributed by atoms with Crippen molar-refractivity contribution >= 4 is 0 Å². The second-order valence-corrected chi connectivity index (χ2v) is 8.67. The molecule has 0 aromatic carbocycles. The van der Waals surface area contributed by atoms with E-state index in [2.05, 4.69) is 28.1 Å². The van der Waals surface area contributed by atoms with Gasteiger partial charge in [0.1, 0.15) is 0 Å². The van der Waals surface area contributed by atoms with Gasteiger partial charge in [-0.3, -0.25) is 0 Å². The summed E-state index contributed by atoms with van der Waals surface area (Å²) in [7, 11) is 6.89. The van der Waals surface area contributed by atoms with Crippen molar-refractivity contribution in [1.29, 1.82) is 0 Å². The molecule has 0 aromatic heterocycles. The third-order valence-corrected chi connectivity index (χ3v) is 4.93. The summed E-state index contributed by atoms with van der Waals surface area (Å²) < 4.78 is 1.12. The van der Waals surface area contributed by atoms with Crippen LogP contribution in [0.2, 0.25) is 0 Å². The zero-order chi connectivity index (χ0) is 17.2. The van der Waals surface area contributed by atoms with Gasteiger partial charge >= 0.3 is 0 Å². The number of unbranched alkanes of at least 4 members (excludes halogenated alkanes) is 16. The minimum Gasteiger partial charge on any atom is -1.00 e. The van der Waals surface area contributed by atoms with Crippen LogP contribution in [0.15, 0.2) is 0 Å². The van der Waals surface area contributed by atoms with Crippen LogP contribution in [0.3, 0.4) is 0 Å². The lowest BCUT2D eigenvalue weighted by Gasteiger charge is -2.23. The van der Waals surface area contributed by atoms with Crippen molar-refractivity contribution in [2.75, 3.05) is 27.7 Å². The second kappa shape index (κ2) is 19.8. The number of halogens is 1. The third kappa shape index (κ3) is 24.7. The van der Waals surface area contributed by atoms with Crippen LogP contribution in [0.5, 0.6) is 0 Å². The molecular weight excluding hydrogens is 358 g/mol. The molecule has 0 N–H and O–H groups in total. The molecule has 0 aromatic rings. The maximum Gasteiger partial charge on any atom is 0.0780 e. The van der Waals surface area contributed by atoms with Gasteiger partial charge in [0.15, 0.2) is 0 Å². The lowest BCUT2D eigenvalue weighted by molar-refractivity contribution is -0.870. The van der Waals surface area contributed by atoms with Gasteiger partial charge in [-0.25, -0.2) is 0 Å². The maximum atomic E-state index is 2.30. The van der Waals surface area contributed by atoms with Crippen molar-refractivity contribution in [3.05, 3.63) is 0 Å². The summed E-state index contributed by atoms with van der Waals surface area (Å²) >= 11 is 0. The van der Waals surface area contributed by atoms with E-state index in [-0.39, 0.29) is 17.0 Å². The number of hydrogen-bond donors (Lipinski definition) is 0. The highest BCUT2D eigenvalue weighted by atomic mass is 79.9. The minimum atomic E-state index is 0. The standard InChI is InChI=1S/C22H48N.BrH/c1-5-6-7-8-9-10-11-12-13-14-15-16-17-18-19-20-21-22-23(2,3)4;/h5-22H2,1-4H3;1H/q+1;/p-1. The molecule has 0 aliphatic heterocycles. The molecule has 0 bridgehead atoms. The van der Waals surface area contributed by atoms with Gasteiger partial charge in [-0.05, 0) is 12.8 Å². The van der Waals surface area contributed by atoms with Crippen LogP contribution in [-0.2, 0) is 0 Å². The van der Waals surface area contributed by atoms with Crippen LogP contribution in [0.1, 0.15) is 116 Å². The van der Waals surface area contributed by atoms with Gasteiger partial charge in [0.25, 0.3) is 0 Å². The fraction of sp³-hybridized carbons (Fsp3) is 1.00. The molecule has 1 nitrogen and oxygen atoms in total. The van der Waals surface area contributed by atoms with Crippen LogP contribution < -0.4 is 17.0 Å².